The Kier molecular flexibility index (Phi) is 9.65. The number of rotatable bonds is 9. The highest BCUT2D eigenvalue weighted by Crippen LogP contribution is 2.36. The first-order valence-corrected chi connectivity index (χ1v) is 12.0. The van der Waals surface area contributed by atoms with Crippen LogP contribution in [-0.4, -0.2) is 55.6 Å². The first-order valence-electron chi connectivity index (χ1n) is 9.12. The summed E-state index contributed by atoms with van der Waals surface area (Å²) in [5, 5.41) is 21.9. The van der Waals surface area contributed by atoms with Crippen molar-refractivity contribution in [2.24, 2.45) is 0 Å². The average molecular weight is 378 g/mol. The number of nitrogens with one attached hydrogen (secondary N) is 1. The minimum absolute atomic E-state index is 0.181. The molecule has 0 fully saturated rings. The Morgan fingerprint density at radius 2 is 1.68 bits per heavy atom. The molecule has 0 aliphatic heterocycles. The van der Waals surface area contributed by atoms with Crippen molar-refractivity contribution in [1.82, 2.24) is 5.32 Å². The molecule has 0 heterocycles. The molecule has 0 aliphatic carbocycles. The number of hydrogen-bond donors (Lipinski definition) is 3. The Hall–Kier alpha value is -0.633. The minimum Gasteiger partial charge on any atom is -0.444 e. The summed E-state index contributed by atoms with van der Waals surface area (Å²) in [5.74, 6) is 0. The van der Waals surface area contributed by atoms with E-state index >= 15 is 0 Å². The molecule has 150 valence electrons. The molecule has 0 rings (SSSR count). The van der Waals surface area contributed by atoms with Gasteiger partial charge in [0.1, 0.15) is 5.60 Å². The number of amides is 1. The van der Waals surface area contributed by atoms with Crippen LogP contribution in [0.1, 0.15) is 60.8 Å². The predicted molar refractivity (Wildman–Crippen MR) is 103 cm³/mol. The maximum Gasteiger partial charge on any atom is 0.407 e. The Balaban J connectivity index is 4.36. The van der Waals surface area contributed by atoms with Gasteiger partial charge in [-0.1, -0.05) is 20.8 Å². The second-order valence-corrected chi connectivity index (χ2v) is 13.9. The molecule has 0 aromatic rings. The van der Waals surface area contributed by atoms with Crippen molar-refractivity contribution in [2.75, 3.05) is 13.2 Å². The Bertz CT molecular complexity index is 401. The summed E-state index contributed by atoms with van der Waals surface area (Å²) in [4.78, 5) is 11.9. The third-order valence-electron chi connectivity index (χ3n) is 4.53. The summed E-state index contributed by atoms with van der Waals surface area (Å²) in [6.07, 6.45) is 0.599. The molecule has 25 heavy (non-hydrogen) atoms. The van der Waals surface area contributed by atoms with Crippen LogP contribution in [0.2, 0.25) is 18.1 Å². The van der Waals surface area contributed by atoms with Crippen LogP contribution in [0.25, 0.3) is 0 Å². The van der Waals surface area contributed by atoms with E-state index in [1.165, 1.54) is 0 Å². The Morgan fingerprint density at radius 3 is 2.12 bits per heavy atom. The number of hydrogen-bond acceptors (Lipinski definition) is 5. The maximum absolute atomic E-state index is 11.9. The fourth-order valence-electron chi connectivity index (χ4n) is 1.96. The van der Waals surface area contributed by atoms with Gasteiger partial charge in [-0.05, 0) is 58.2 Å². The number of unbranched alkanes of at least 4 members (excludes halogenated alkanes) is 1. The molecule has 0 spiro atoms. The number of aliphatic hydroxyl groups excluding tert-OH is 2. The van der Waals surface area contributed by atoms with Crippen LogP contribution in [0.5, 0.6) is 0 Å². The second-order valence-electron chi connectivity index (χ2n) is 9.11. The third kappa shape index (κ3) is 10.2. The van der Waals surface area contributed by atoms with E-state index < -0.39 is 38.8 Å². The molecule has 0 saturated carbocycles. The van der Waals surface area contributed by atoms with Gasteiger partial charge in [0.05, 0.1) is 18.8 Å². The van der Waals surface area contributed by atoms with Crippen molar-refractivity contribution in [2.45, 2.75) is 96.7 Å². The van der Waals surface area contributed by atoms with Crippen LogP contribution >= 0.6 is 0 Å². The molecule has 0 aromatic carbocycles. The van der Waals surface area contributed by atoms with Crippen molar-refractivity contribution in [3.05, 3.63) is 0 Å². The molecule has 0 saturated heterocycles. The van der Waals surface area contributed by atoms with Crippen molar-refractivity contribution >= 4 is 14.4 Å². The molecule has 0 aromatic heterocycles. The lowest BCUT2D eigenvalue weighted by Gasteiger charge is -2.36. The summed E-state index contributed by atoms with van der Waals surface area (Å²) in [6, 6.07) is -0.535. The van der Waals surface area contributed by atoms with Gasteiger partial charge in [-0.25, -0.2) is 4.79 Å². The van der Waals surface area contributed by atoms with Crippen LogP contribution in [0.15, 0.2) is 0 Å². The van der Waals surface area contributed by atoms with Gasteiger partial charge in [-0.3, -0.25) is 0 Å². The molecular weight excluding hydrogens is 338 g/mol. The van der Waals surface area contributed by atoms with Gasteiger partial charge >= 0.3 is 6.09 Å². The van der Waals surface area contributed by atoms with Crippen molar-refractivity contribution in [3.63, 3.8) is 0 Å². The lowest BCUT2D eigenvalue weighted by atomic mass is 10.0. The predicted octanol–water partition coefficient (Wildman–Crippen LogP) is 3.43. The van der Waals surface area contributed by atoms with Crippen molar-refractivity contribution in [3.8, 4) is 0 Å². The molecule has 1 amide bonds. The molecule has 0 unspecified atom stereocenters. The zero-order valence-corrected chi connectivity index (χ0v) is 18.3. The van der Waals surface area contributed by atoms with Crippen LogP contribution in [-0.2, 0) is 9.16 Å². The molecule has 6 nitrogen and oxygen atoms in total. The summed E-state index contributed by atoms with van der Waals surface area (Å²) >= 11 is 0. The third-order valence-corrected chi connectivity index (χ3v) is 9.07. The van der Waals surface area contributed by atoms with Crippen molar-refractivity contribution in [1.29, 1.82) is 0 Å². The zero-order chi connectivity index (χ0) is 19.9. The smallest absolute Gasteiger partial charge is 0.407 e. The second kappa shape index (κ2) is 9.90. The Labute approximate surface area is 154 Å². The minimum atomic E-state index is -1.74. The Morgan fingerprint density at radius 1 is 1.12 bits per heavy atom. The maximum atomic E-state index is 11.9. The summed E-state index contributed by atoms with van der Waals surface area (Å²) in [5.41, 5.74) is -0.601. The monoisotopic (exact) mass is 377 g/mol. The number of carbonyl (C=O) groups excluding carboxylic acids is 1. The average Bonchev–Trinajstić information content (AvgIpc) is 2.41. The summed E-state index contributed by atoms with van der Waals surface area (Å²) in [6.45, 7) is 16.7. The van der Waals surface area contributed by atoms with Crippen LogP contribution in [0, 0.1) is 0 Å². The fourth-order valence-corrected chi connectivity index (χ4v) is 3.04. The highest BCUT2D eigenvalue weighted by atomic mass is 28.4. The highest BCUT2D eigenvalue weighted by molar-refractivity contribution is 6.74. The van der Waals surface area contributed by atoms with E-state index in [9.17, 15) is 15.0 Å². The molecule has 0 bridgehead atoms. The first-order chi connectivity index (χ1) is 11.2. The van der Waals surface area contributed by atoms with Crippen LogP contribution in [0.3, 0.4) is 0 Å². The number of ether oxygens (including phenoxy) is 1. The quantitative estimate of drug-likeness (QED) is 0.423. The SMILES string of the molecule is CC(C)(C)OC(=O)N[C@@H](CCCCO[Si](C)(C)C(C)(C)C)[C@H](O)CO. The van der Waals surface area contributed by atoms with Gasteiger partial charge in [0.15, 0.2) is 8.32 Å². The van der Waals surface area contributed by atoms with Gasteiger partial charge < -0.3 is 24.7 Å². The highest BCUT2D eigenvalue weighted by Gasteiger charge is 2.36. The molecule has 7 heteroatoms. The lowest BCUT2D eigenvalue weighted by Crippen LogP contribution is -2.46. The summed E-state index contributed by atoms with van der Waals surface area (Å²) in [7, 11) is -1.74. The van der Waals surface area contributed by atoms with Gasteiger partial charge in [0, 0.05) is 6.61 Å². The van der Waals surface area contributed by atoms with Gasteiger partial charge in [0.25, 0.3) is 0 Å². The number of alkyl carbamates (subject to hydrolysis) is 1. The largest absolute Gasteiger partial charge is 0.444 e. The number of aliphatic hydroxyl groups is 2. The summed E-state index contributed by atoms with van der Waals surface area (Å²) < 4.78 is 11.3. The molecular formula is C18H39NO5Si. The normalized spacial score (nSPS) is 15.6. The zero-order valence-electron chi connectivity index (χ0n) is 17.3. The van der Waals surface area contributed by atoms with Gasteiger partial charge in [-0.15, -0.1) is 0 Å². The molecule has 2 atom stereocenters. The van der Waals surface area contributed by atoms with Crippen molar-refractivity contribution < 1.29 is 24.2 Å². The first kappa shape index (κ1) is 24.4. The fraction of sp³-hybridized carbons (Fsp3) is 0.944. The van der Waals surface area contributed by atoms with Gasteiger partial charge in [0.2, 0.25) is 0 Å². The van der Waals surface area contributed by atoms with Gasteiger partial charge in [-0.2, -0.15) is 0 Å². The van der Waals surface area contributed by atoms with E-state index in [-0.39, 0.29) is 5.04 Å². The van der Waals surface area contributed by atoms with E-state index in [0.29, 0.717) is 13.0 Å². The van der Waals surface area contributed by atoms with E-state index in [1.54, 1.807) is 20.8 Å². The van der Waals surface area contributed by atoms with Crippen LogP contribution < -0.4 is 5.32 Å². The van der Waals surface area contributed by atoms with E-state index in [2.05, 4.69) is 39.2 Å². The molecule has 0 aliphatic rings. The standard InChI is InChI=1S/C18H39NO5Si/c1-17(2,3)24-16(22)19-14(15(21)13-20)11-9-10-12-23-25(7,8)18(4,5)6/h14-15,20-21H,9-13H2,1-8H3,(H,19,22)/t14-,15+/m0/s1. The van der Waals surface area contributed by atoms with E-state index in [1.807, 2.05) is 0 Å². The topological polar surface area (TPSA) is 88.0 Å². The van der Waals surface area contributed by atoms with E-state index in [4.69, 9.17) is 9.16 Å². The number of carbonyl (C=O) groups is 1. The molecule has 3 N–H and O–H groups in total. The van der Waals surface area contributed by atoms with Crippen LogP contribution in [0.4, 0.5) is 4.79 Å². The molecule has 0 radical (unpaired) electrons. The van der Waals surface area contributed by atoms with E-state index in [0.717, 1.165) is 12.8 Å². The lowest BCUT2D eigenvalue weighted by molar-refractivity contribution is 0.0300.